The van der Waals surface area contributed by atoms with Crippen LogP contribution >= 0.6 is 11.6 Å². The van der Waals surface area contributed by atoms with E-state index in [-0.39, 0.29) is 18.0 Å². The Hall–Kier alpha value is -1.75. The first-order valence-electron chi connectivity index (χ1n) is 4.66. The lowest BCUT2D eigenvalue weighted by Crippen LogP contribution is -2.46. The second kappa shape index (κ2) is 4.85. The SMILES string of the molecule is CC(c1ccc(Cl)cc1)N(C(=N)N)C(=N)N. The van der Waals surface area contributed by atoms with Crippen molar-refractivity contribution >= 4 is 23.5 Å². The molecule has 1 atom stereocenters. The second-order valence-corrected chi connectivity index (χ2v) is 3.80. The molecule has 0 aliphatic carbocycles. The Bertz CT molecular complexity index is 386. The lowest BCUT2D eigenvalue weighted by atomic mass is 10.1. The van der Waals surface area contributed by atoms with Crippen LogP contribution < -0.4 is 11.5 Å². The van der Waals surface area contributed by atoms with E-state index in [0.717, 1.165) is 5.56 Å². The van der Waals surface area contributed by atoms with E-state index in [4.69, 9.17) is 33.9 Å². The molecule has 0 radical (unpaired) electrons. The van der Waals surface area contributed by atoms with Crippen molar-refractivity contribution in [2.45, 2.75) is 13.0 Å². The van der Waals surface area contributed by atoms with E-state index in [9.17, 15) is 0 Å². The molecular weight excluding hydrogens is 226 g/mol. The van der Waals surface area contributed by atoms with Crippen LogP contribution in [0.2, 0.25) is 5.02 Å². The normalized spacial score (nSPS) is 11.9. The van der Waals surface area contributed by atoms with Crippen LogP contribution in [0.5, 0.6) is 0 Å². The number of hydrogen-bond acceptors (Lipinski definition) is 2. The van der Waals surface area contributed by atoms with Crippen molar-refractivity contribution in [2.24, 2.45) is 11.5 Å². The number of halogens is 1. The fraction of sp³-hybridized carbons (Fsp3) is 0.200. The summed E-state index contributed by atoms with van der Waals surface area (Å²) < 4.78 is 0. The molecule has 1 unspecified atom stereocenters. The van der Waals surface area contributed by atoms with E-state index in [1.54, 1.807) is 12.1 Å². The molecule has 0 aliphatic rings. The molecule has 5 nitrogen and oxygen atoms in total. The molecule has 0 amide bonds. The number of benzene rings is 1. The summed E-state index contributed by atoms with van der Waals surface area (Å²) in [7, 11) is 0. The predicted molar refractivity (Wildman–Crippen MR) is 65.5 cm³/mol. The van der Waals surface area contributed by atoms with Gasteiger partial charge in [0, 0.05) is 5.02 Å². The first-order chi connectivity index (χ1) is 7.43. The van der Waals surface area contributed by atoms with Crippen LogP contribution in [0, 0.1) is 10.8 Å². The van der Waals surface area contributed by atoms with Crippen molar-refractivity contribution in [1.29, 1.82) is 10.8 Å². The van der Waals surface area contributed by atoms with Crippen LogP contribution in [-0.4, -0.2) is 16.8 Å². The summed E-state index contributed by atoms with van der Waals surface area (Å²) in [6.07, 6.45) is 0. The van der Waals surface area contributed by atoms with Gasteiger partial charge in [-0.25, -0.2) is 0 Å². The number of nitrogens with zero attached hydrogens (tertiary/aromatic N) is 1. The van der Waals surface area contributed by atoms with Gasteiger partial charge in [0.2, 0.25) is 0 Å². The summed E-state index contributed by atoms with van der Waals surface area (Å²) in [6, 6.07) is 6.84. The quantitative estimate of drug-likeness (QED) is 0.464. The largest absolute Gasteiger partial charge is 0.370 e. The van der Waals surface area contributed by atoms with E-state index in [1.807, 2.05) is 19.1 Å². The van der Waals surface area contributed by atoms with Crippen LogP contribution in [0.15, 0.2) is 24.3 Å². The standard InChI is InChI=1S/C10H14ClN5/c1-6(16(9(12)13)10(14)15)7-2-4-8(11)5-3-7/h2-6H,1H3,(H3,12,13)(H3,14,15). The second-order valence-electron chi connectivity index (χ2n) is 3.37. The molecule has 0 fully saturated rings. The van der Waals surface area contributed by atoms with Crippen molar-refractivity contribution in [3.63, 3.8) is 0 Å². The molecule has 0 saturated carbocycles. The van der Waals surface area contributed by atoms with Crippen molar-refractivity contribution in [3.05, 3.63) is 34.9 Å². The highest BCUT2D eigenvalue weighted by Crippen LogP contribution is 2.21. The maximum atomic E-state index is 7.36. The molecular formula is C10H14ClN5. The monoisotopic (exact) mass is 239 g/mol. The Balaban J connectivity index is 2.99. The molecule has 1 aromatic rings. The molecule has 0 spiro atoms. The van der Waals surface area contributed by atoms with Crippen LogP contribution in [-0.2, 0) is 0 Å². The van der Waals surface area contributed by atoms with Gasteiger partial charge >= 0.3 is 0 Å². The minimum atomic E-state index is -0.271. The molecule has 0 bridgehead atoms. The fourth-order valence-corrected chi connectivity index (χ4v) is 1.56. The number of hydrogen-bond donors (Lipinski definition) is 4. The first-order valence-corrected chi connectivity index (χ1v) is 5.04. The van der Waals surface area contributed by atoms with Gasteiger partial charge in [0.1, 0.15) is 0 Å². The highest BCUT2D eigenvalue weighted by molar-refractivity contribution is 6.30. The third-order valence-corrected chi connectivity index (χ3v) is 2.51. The van der Waals surface area contributed by atoms with Crippen LogP contribution in [0.25, 0.3) is 0 Å². The van der Waals surface area contributed by atoms with Crippen LogP contribution in [0.4, 0.5) is 0 Å². The Morgan fingerprint density at radius 1 is 1.19 bits per heavy atom. The van der Waals surface area contributed by atoms with Gasteiger partial charge in [0.05, 0.1) is 6.04 Å². The summed E-state index contributed by atoms with van der Waals surface area (Å²) in [5, 5.41) is 15.4. The summed E-state index contributed by atoms with van der Waals surface area (Å²) >= 11 is 5.77. The zero-order chi connectivity index (χ0) is 12.3. The average molecular weight is 240 g/mol. The van der Waals surface area contributed by atoms with Crippen molar-refractivity contribution in [1.82, 2.24) is 4.90 Å². The molecule has 16 heavy (non-hydrogen) atoms. The predicted octanol–water partition coefficient (Wildman–Crippen LogP) is 1.49. The van der Waals surface area contributed by atoms with E-state index in [1.165, 1.54) is 4.90 Å². The van der Waals surface area contributed by atoms with Gasteiger partial charge in [-0.3, -0.25) is 15.7 Å². The number of nitrogens with two attached hydrogens (primary N) is 2. The highest BCUT2D eigenvalue weighted by atomic mass is 35.5. The minimum Gasteiger partial charge on any atom is -0.370 e. The van der Waals surface area contributed by atoms with E-state index >= 15 is 0 Å². The topological polar surface area (TPSA) is 103 Å². The van der Waals surface area contributed by atoms with Gasteiger partial charge in [-0.2, -0.15) is 0 Å². The van der Waals surface area contributed by atoms with Crippen LogP contribution in [0.3, 0.4) is 0 Å². The third-order valence-electron chi connectivity index (χ3n) is 2.26. The fourth-order valence-electron chi connectivity index (χ4n) is 1.44. The number of guanidine groups is 2. The Labute approximate surface area is 99.0 Å². The highest BCUT2D eigenvalue weighted by Gasteiger charge is 2.19. The van der Waals surface area contributed by atoms with E-state index in [2.05, 4.69) is 0 Å². The minimum absolute atomic E-state index is 0.255. The zero-order valence-corrected chi connectivity index (χ0v) is 9.62. The summed E-state index contributed by atoms with van der Waals surface area (Å²) in [5.41, 5.74) is 11.6. The van der Waals surface area contributed by atoms with Crippen molar-refractivity contribution in [3.8, 4) is 0 Å². The average Bonchev–Trinajstić information content (AvgIpc) is 2.17. The molecule has 1 rings (SSSR count). The summed E-state index contributed by atoms with van der Waals surface area (Å²) in [5.74, 6) is -0.509. The Morgan fingerprint density at radius 3 is 2.00 bits per heavy atom. The summed E-state index contributed by atoms with van der Waals surface area (Å²) in [4.78, 5) is 1.23. The van der Waals surface area contributed by atoms with E-state index in [0.29, 0.717) is 5.02 Å². The van der Waals surface area contributed by atoms with Gasteiger partial charge in [-0.05, 0) is 24.6 Å². The Morgan fingerprint density at radius 2 is 1.62 bits per heavy atom. The third kappa shape index (κ3) is 2.64. The lowest BCUT2D eigenvalue weighted by molar-refractivity contribution is 0.469. The lowest BCUT2D eigenvalue weighted by Gasteiger charge is -2.27. The van der Waals surface area contributed by atoms with Crippen molar-refractivity contribution in [2.75, 3.05) is 0 Å². The molecule has 0 heterocycles. The molecule has 0 aromatic heterocycles. The van der Waals surface area contributed by atoms with Gasteiger partial charge in [0.15, 0.2) is 11.9 Å². The molecule has 1 aromatic carbocycles. The maximum Gasteiger partial charge on any atom is 0.195 e. The smallest absolute Gasteiger partial charge is 0.195 e. The molecule has 6 N–H and O–H groups in total. The number of rotatable bonds is 2. The molecule has 6 heteroatoms. The molecule has 0 aliphatic heterocycles. The Kier molecular flexibility index (Phi) is 3.73. The molecule has 0 saturated heterocycles. The van der Waals surface area contributed by atoms with Gasteiger partial charge in [0.25, 0.3) is 0 Å². The van der Waals surface area contributed by atoms with Crippen LogP contribution in [0.1, 0.15) is 18.5 Å². The van der Waals surface area contributed by atoms with Gasteiger partial charge < -0.3 is 11.5 Å². The number of nitrogens with one attached hydrogen (secondary N) is 2. The van der Waals surface area contributed by atoms with Crippen molar-refractivity contribution < 1.29 is 0 Å². The van der Waals surface area contributed by atoms with Gasteiger partial charge in [-0.1, -0.05) is 23.7 Å². The first kappa shape index (κ1) is 12.3. The molecule has 86 valence electrons. The zero-order valence-electron chi connectivity index (χ0n) is 8.87. The van der Waals surface area contributed by atoms with E-state index < -0.39 is 0 Å². The summed E-state index contributed by atoms with van der Waals surface area (Å²) in [6.45, 7) is 1.81. The van der Waals surface area contributed by atoms with Gasteiger partial charge in [-0.15, -0.1) is 0 Å². The maximum absolute atomic E-state index is 7.36.